The van der Waals surface area contributed by atoms with Gasteiger partial charge in [0, 0.05) is 11.6 Å². The maximum absolute atomic E-state index is 6.36. The van der Waals surface area contributed by atoms with E-state index >= 15 is 0 Å². The first-order chi connectivity index (χ1) is 9.36. The molecule has 0 aromatic heterocycles. The van der Waals surface area contributed by atoms with Gasteiger partial charge in [0.2, 0.25) is 0 Å². The molecule has 1 aromatic rings. The number of fused-ring (bicyclic) bond motifs is 3. The number of rotatable bonds is 0. The zero-order valence-corrected chi connectivity index (χ0v) is 11.5. The number of hydrogen-bond donors (Lipinski definition) is 1. The lowest BCUT2D eigenvalue weighted by molar-refractivity contribution is -0.0641. The fraction of sp³-hybridized carbons (Fsp3) is 0.647. The highest BCUT2D eigenvalue weighted by Crippen LogP contribution is 2.41. The Kier molecular flexibility index (Phi) is 2.89. The van der Waals surface area contributed by atoms with Gasteiger partial charge in [-0.1, -0.05) is 37.1 Å². The SMILES string of the molecule is c1ccc2c(c1)CCCC1NC3(CCCC3)COC21. The van der Waals surface area contributed by atoms with Crippen LogP contribution < -0.4 is 5.32 Å². The molecule has 1 aliphatic heterocycles. The smallest absolute Gasteiger partial charge is 0.0981 e. The zero-order valence-electron chi connectivity index (χ0n) is 11.5. The van der Waals surface area contributed by atoms with Crippen molar-refractivity contribution >= 4 is 0 Å². The summed E-state index contributed by atoms with van der Waals surface area (Å²) in [5.41, 5.74) is 3.24. The Morgan fingerprint density at radius 3 is 2.84 bits per heavy atom. The lowest BCUT2D eigenvalue weighted by Gasteiger charge is -2.44. The topological polar surface area (TPSA) is 21.3 Å². The van der Waals surface area contributed by atoms with E-state index < -0.39 is 0 Å². The molecule has 2 fully saturated rings. The van der Waals surface area contributed by atoms with E-state index in [4.69, 9.17) is 4.74 Å². The molecule has 1 aromatic carbocycles. The van der Waals surface area contributed by atoms with Crippen LogP contribution in [0.2, 0.25) is 0 Å². The quantitative estimate of drug-likeness (QED) is 0.769. The van der Waals surface area contributed by atoms with Gasteiger partial charge in [-0.2, -0.15) is 0 Å². The summed E-state index contributed by atoms with van der Waals surface area (Å²) in [7, 11) is 0. The summed E-state index contributed by atoms with van der Waals surface area (Å²) in [4.78, 5) is 0. The molecule has 1 saturated carbocycles. The molecule has 2 aliphatic carbocycles. The number of hydrogen-bond acceptors (Lipinski definition) is 2. The van der Waals surface area contributed by atoms with E-state index in [0.717, 1.165) is 6.61 Å². The fourth-order valence-electron chi connectivity index (χ4n) is 4.30. The van der Waals surface area contributed by atoms with E-state index in [1.54, 1.807) is 0 Å². The van der Waals surface area contributed by atoms with E-state index in [2.05, 4.69) is 29.6 Å². The predicted octanol–water partition coefficient (Wildman–Crippen LogP) is 3.37. The third-order valence-electron chi connectivity index (χ3n) is 5.28. The molecule has 102 valence electrons. The molecule has 2 unspecified atom stereocenters. The molecule has 0 radical (unpaired) electrons. The van der Waals surface area contributed by atoms with Crippen LogP contribution in [0.3, 0.4) is 0 Å². The molecule has 0 amide bonds. The highest BCUT2D eigenvalue weighted by Gasteiger charge is 2.43. The summed E-state index contributed by atoms with van der Waals surface area (Å²) in [5, 5.41) is 3.99. The van der Waals surface area contributed by atoms with Crippen LogP contribution in [0.15, 0.2) is 24.3 Å². The molecular formula is C17H23NO. The second-order valence-corrected chi connectivity index (χ2v) is 6.56. The number of benzene rings is 1. The van der Waals surface area contributed by atoms with Crippen molar-refractivity contribution in [1.29, 1.82) is 0 Å². The highest BCUT2D eigenvalue weighted by molar-refractivity contribution is 5.32. The van der Waals surface area contributed by atoms with E-state index in [0.29, 0.717) is 11.6 Å². The normalized spacial score (nSPS) is 32.6. The van der Waals surface area contributed by atoms with Gasteiger partial charge >= 0.3 is 0 Å². The Morgan fingerprint density at radius 1 is 1.11 bits per heavy atom. The lowest BCUT2D eigenvalue weighted by atomic mass is 9.90. The molecule has 3 aliphatic rings. The van der Waals surface area contributed by atoms with Gasteiger partial charge in [0.25, 0.3) is 0 Å². The maximum atomic E-state index is 6.36. The minimum Gasteiger partial charge on any atom is -0.370 e. The Hall–Kier alpha value is -0.860. The van der Waals surface area contributed by atoms with Crippen molar-refractivity contribution < 1.29 is 4.74 Å². The molecule has 19 heavy (non-hydrogen) atoms. The van der Waals surface area contributed by atoms with Gasteiger partial charge in [0.05, 0.1) is 12.7 Å². The Morgan fingerprint density at radius 2 is 1.95 bits per heavy atom. The van der Waals surface area contributed by atoms with E-state index in [-0.39, 0.29) is 6.10 Å². The monoisotopic (exact) mass is 257 g/mol. The van der Waals surface area contributed by atoms with Crippen LogP contribution in [-0.4, -0.2) is 18.2 Å². The van der Waals surface area contributed by atoms with Crippen molar-refractivity contribution in [2.24, 2.45) is 0 Å². The van der Waals surface area contributed by atoms with Crippen LogP contribution in [0.4, 0.5) is 0 Å². The number of morpholine rings is 1. The van der Waals surface area contributed by atoms with Gasteiger partial charge in [-0.05, 0) is 43.2 Å². The predicted molar refractivity (Wildman–Crippen MR) is 76.2 cm³/mol. The minimum atomic E-state index is 0.282. The van der Waals surface area contributed by atoms with E-state index in [9.17, 15) is 0 Å². The minimum absolute atomic E-state index is 0.282. The number of aryl methyl sites for hydroxylation is 1. The maximum Gasteiger partial charge on any atom is 0.0981 e. The molecule has 2 nitrogen and oxygen atoms in total. The second kappa shape index (κ2) is 4.60. The van der Waals surface area contributed by atoms with Crippen LogP contribution in [0.5, 0.6) is 0 Å². The second-order valence-electron chi connectivity index (χ2n) is 6.56. The summed E-state index contributed by atoms with van der Waals surface area (Å²) in [6, 6.07) is 9.39. The van der Waals surface area contributed by atoms with Gasteiger partial charge in [-0.3, -0.25) is 0 Å². The summed E-state index contributed by atoms with van der Waals surface area (Å²) in [5.74, 6) is 0. The van der Waals surface area contributed by atoms with Crippen molar-refractivity contribution in [2.45, 2.75) is 62.6 Å². The Balaban J connectivity index is 1.64. The zero-order chi connectivity index (χ0) is 12.7. The van der Waals surface area contributed by atoms with Crippen LogP contribution >= 0.6 is 0 Å². The first kappa shape index (κ1) is 11.9. The van der Waals surface area contributed by atoms with E-state index in [1.807, 2.05) is 0 Å². The molecular weight excluding hydrogens is 234 g/mol. The van der Waals surface area contributed by atoms with Crippen LogP contribution in [0, 0.1) is 0 Å². The average molecular weight is 257 g/mol. The van der Waals surface area contributed by atoms with Gasteiger partial charge in [0.15, 0.2) is 0 Å². The average Bonchev–Trinajstić information content (AvgIpc) is 2.80. The van der Waals surface area contributed by atoms with Crippen molar-refractivity contribution in [2.75, 3.05) is 6.61 Å². The Bertz CT molecular complexity index is 464. The molecule has 4 rings (SSSR count). The Labute approximate surface area is 115 Å². The fourth-order valence-corrected chi connectivity index (χ4v) is 4.30. The standard InChI is InChI=1S/C17H23NO/c1-2-8-14-13(6-1)7-5-9-15-16(14)19-12-17(18-15)10-3-4-11-17/h1-2,6,8,15-16,18H,3-5,7,9-12H2. The summed E-state index contributed by atoms with van der Waals surface area (Å²) in [6.45, 7) is 0.905. The molecule has 1 saturated heterocycles. The van der Waals surface area contributed by atoms with Crippen molar-refractivity contribution in [3.05, 3.63) is 35.4 Å². The van der Waals surface area contributed by atoms with Crippen LogP contribution in [0.25, 0.3) is 0 Å². The molecule has 1 heterocycles. The van der Waals surface area contributed by atoms with Crippen LogP contribution in [-0.2, 0) is 11.2 Å². The molecule has 1 N–H and O–H groups in total. The largest absolute Gasteiger partial charge is 0.370 e. The van der Waals surface area contributed by atoms with Crippen molar-refractivity contribution in [3.63, 3.8) is 0 Å². The third kappa shape index (κ3) is 2.02. The van der Waals surface area contributed by atoms with Gasteiger partial charge < -0.3 is 10.1 Å². The van der Waals surface area contributed by atoms with Gasteiger partial charge in [0.1, 0.15) is 0 Å². The first-order valence-electron chi connectivity index (χ1n) is 7.83. The lowest BCUT2D eigenvalue weighted by Crippen LogP contribution is -2.58. The van der Waals surface area contributed by atoms with Crippen molar-refractivity contribution in [1.82, 2.24) is 5.32 Å². The molecule has 2 atom stereocenters. The van der Waals surface area contributed by atoms with Crippen molar-refractivity contribution in [3.8, 4) is 0 Å². The van der Waals surface area contributed by atoms with Gasteiger partial charge in [-0.15, -0.1) is 0 Å². The van der Waals surface area contributed by atoms with Gasteiger partial charge in [-0.25, -0.2) is 0 Å². The molecule has 0 bridgehead atoms. The summed E-state index contributed by atoms with van der Waals surface area (Å²) in [6.07, 6.45) is 9.36. The van der Waals surface area contributed by atoms with E-state index in [1.165, 1.54) is 56.1 Å². The number of ether oxygens (including phenoxy) is 1. The molecule has 1 spiro atoms. The third-order valence-corrected chi connectivity index (χ3v) is 5.28. The summed E-state index contributed by atoms with van der Waals surface area (Å²) < 4.78 is 6.36. The number of nitrogens with one attached hydrogen (secondary N) is 1. The van der Waals surface area contributed by atoms with Crippen LogP contribution in [0.1, 0.15) is 55.8 Å². The highest BCUT2D eigenvalue weighted by atomic mass is 16.5. The first-order valence-corrected chi connectivity index (χ1v) is 7.83. The summed E-state index contributed by atoms with van der Waals surface area (Å²) >= 11 is 0. The molecule has 2 heteroatoms.